The smallest absolute Gasteiger partial charge is 0.255 e. The Morgan fingerprint density at radius 3 is 2.50 bits per heavy atom. The first kappa shape index (κ1) is 26.5. The summed E-state index contributed by atoms with van der Waals surface area (Å²) in [5.41, 5.74) is 5.42. The molecule has 40 heavy (non-hydrogen) atoms. The van der Waals surface area contributed by atoms with E-state index in [2.05, 4.69) is 5.32 Å². The SMILES string of the molecule is CN(C)[C@@H]1C(O)=C(C(N)=O)C(=O)C2C(O)=C3C(=O)c4c(c(F)c5ccc(CNCC6CC6)cc5c4O)C[C@H]3C[C@H]21. The highest BCUT2D eigenvalue weighted by Crippen LogP contribution is 2.51. The number of phenols is 1. The van der Waals surface area contributed by atoms with Crippen LogP contribution in [0.5, 0.6) is 5.75 Å². The third-order valence-electron chi connectivity index (χ3n) is 9.00. The van der Waals surface area contributed by atoms with Crippen LogP contribution in [0.3, 0.4) is 0 Å². The number of hydrogen-bond donors (Lipinski definition) is 5. The number of aliphatic hydroxyl groups excluding tert-OH is 2. The second-order valence-corrected chi connectivity index (χ2v) is 11.8. The van der Waals surface area contributed by atoms with Gasteiger partial charge in [-0.25, -0.2) is 4.39 Å². The van der Waals surface area contributed by atoms with Gasteiger partial charge in [-0.05, 0) is 75.7 Å². The average Bonchev–Trinajstić information content (AvgIpc) is 3.70. The summed E-state index contributed by atoms with van der Waals surface area (Å²) in [5.74, 6) is -6.61. The van der Waals surface area contributed by atoms with E-state index in [4.69, 9.17) is 5.73 Å². The molecule has 2 aromatic rings. The quantitative estimate of drug-likeness (QED) is 0.345. The minimum atomic E-state index is -1.28. The summed E-state index contributed by atoms with van der Waals surface area (Å²) in [6.45, 7) is 1.42. The predicted octanol–water partition coefficient (Wildman–Crippen LogP) is 2.80. The number of Topliss-reactive ketones (excluding diaryl/α,β-unsaturated/α-hetero) is 2. The predicted molar refractivity (Wildman–Crippen MR) is 144 cm³/mol. The van der Waals surface area contributed by atoms with Crippen molar-refractivity contribution in [3.05, 3.63) is 63.4 Å². The van der Waals surface area contributed by atoms with Crippen LogP contribution in [-0.2, 0) is 22.6 Å². The van der Waals surface area contributed by atoms with Crippen LogP contribution in [0, 0.1) is 29.5 Å². The zero-order valence-electron chi connectivity index (χ0n) is 22.3. The Bertz CT molecular complexity index is 1560. The summed E-state index contributed by atoms with van der Waals surface area (Å²) in [5, 5.41) is 37.3. The molecule has 0 aliphatic heterocycles. The van der Waals surface area contributed by atoms with E-state index in [1.807, 2.05) is 0 Å². The van der Waals surface area contributed by atoms with Gasteiger partial charge in [-0.1, -0.05) is 12.1 Å². The van der Waals surface area contributed by atoms with E-state index in [-0.39, 0.29) is 46.1 Å². The van der Waals surface area contributed by atoms with Gasteiger partial charge in [0.25, 0.3) is 5.91 Å². The van der Waals surface area contributed by atoms with Gasteiger partial charge < -0.3 is 26.4 Å². The highest BCUT2D eigenvalue weighted by Gasteiger charge is 2.54. The summed E-state index contributed by atoms with van der Waals surface area (Å²) in [7, 11) is 3.31. The molecule has 10 heteroatoms. The molecular formula is C30H32FN3O6. The molecule has 1 saturated carbocycles. The van der Waals surface area contributed by atoms with Crippen molar-refractivity contribution < 1.29 is 34.1 Å². The molecule has 0 heterocycles. The number of carbonyl (C=O) groups excluding carboxylic acids is 3. The van der Waals surface area contributed by atoms with Gasteiger partial charge in [0.05, 0.1) is 17.5 Å². The third kappa shape index (κ3) is 3.92. The van der Waals surface area contributed by atoms with Gasteiger partial charge in [0.2, 0.25) is 0 Å². The lowest BCUT2D eigenvalue weighted by Crippen LogP contribution is -2.53. The van der Waals surface area contributed by atoms with E-state index in [0.29, 0.717) is 12.5 Å². The number of rotatable bonds is 6. The fourth-order valence-electron chi connectivity index (χ4n) is 6.98. The first-order valence-corrected chi connectivity index (χ1v) is 13.6. The fourth-order valence-corrected chi connectivity index (χ4v) is 6.98. The molecule has 1 unspecified atom stereocenters. The maximum absolute atomic E-state index is 15.9. The number of nitrogens with one attached hydrogen (secondary N) is 1. The highest BCUT2D eigenvalue weighted by atomic mass is 19.1. The molecule has 0 bridgehead atoms. The summed E-state index contributed by atoms with van der Waals surface area (Å²) in [4.78, 5) is 40.9. The molecule has 4 aliphatic rings. The number of likely N-dealkylation sites (N-methyl/N-ethyl adjacent to an activating group) is 1. The summed E-state index contributed by atoms with van der Waals surface area (Å²) < 4.78 is 15.9. The molecule has 9 nitrogen and oxygen atoms in total. The minimum Gasteiger partial charge on any atom is -0.511 e. The van der Waals surface area contributed by atoms with Crippen LogP contribution in [0.15, 0.2) is 40.9 Å². The van der Waals surface area contributed by atoms with Gasteiger partial charge in [-0.2, -0.15) is 0 Å². The van der Waals surface area contributed by atoms with E-state index >= 15 is 4.39 Å². The van der Waals surface area contributed by atoms with Crippen LogP contribution in [0.25, 0.3) is 10.8 Å². The summed E-state index contributed by atoms with van der Waals surface area (Å²) in [6, 6.07) is 4.24. The third-order valence-corrected chi connectivity index (χ3v) is 9.00. The Kier molecular flexibility index (Phi) is 6.23. The molecular weight excluding hydrogens is 517 g/mol. The first-order chi connectivity index (χ1) is 19.0. The molecule has 1 amide bonds. The van der Waals surface area contributed by atoms with Gasteiger partial charge in [0.15, 0.2) is 11.6 Å². The molecule has 6 N–H and O–H groups in total. The summed E-state index contributed by atoms with van der Waals surface area (Å²) in [6.07, 6.45) is 2.60. The van der Waals surface area contributed by atoms with Gasteiger partial charge in [-0.15, -0.1) is 0 Å². The largest absolute Gasteiger partial charge is 0.511 e. The van der Waals surface area contributed by atoms with E-state index in [9.17, 15) is 29.7 Å². The molecule has 1 fully saturated rings. The number of primary amides is 1. The number of nitrogens with zero attached hydrogens (tertiary/aromatic N) is 1. The molecule has 6 rings (SSSR count). The van der Waals surface area contributed by atoms with Crippen molar-refractivity contribution in [2.24, 2.45) is 29.4 Å². The molecule has 2 aromatic carbocycles. The molecule has 4 atom stereocenters. The lowest BCUT2D eigenvalue weighted by atomic mass is 9.61. The second-order valence-electron chi connectivity index (χ2n) is 11.8. The van der Waals surface area contributed by atoms with E-state index in [1.54, 1.807) is 37.2 Å². The Labute approximate surface area is 230 Å². The number of benzene rings is 2. The zero-order chi connectivity index (χ0) is 28.6. The van der Waals surface area contributed by atoms with Crippen LogP contribution in [-0.4, -0.2) is 64.4 Å². The number of nitrogens with two attached hydrogens (primary N) is 1. The monoisotopic (exact) mass is 549 g/mol. The average molecular weight is 550 g/mol. The van der Waals surface area contributed by atoms with Crippen LogP contribution in [0.2, 0.25) is 0 Å². The number of allylic oxidation sites excluding steroid dienone is 2. The second kappa shape index (κ2) is 9.42. The van der Waals surface area contributed by atoms with E-state index in [0.717, 1.165) is 12.1 Å². The van der Waals surface area contributed by atoms with Crippen molar-refractivity contribution in [1.29, 1.82) is 0 Å². The topological polar surface area (TPSA) is 153 Å². The normalized spacial score (nSPS) is 26.3. The van der Waals surface area contributed by atoms with Crippen molar-refractivity contribution in [3.8, 4) is 5.75 Å². The minimum absolute atomic E-state index is 0.0191. The van der Waals surface area contributed by atoms with Crippen molar-refractivity contribution >= 4 is 28.2 Å². The molecule has 0 radical (unpaired) electrons. The van der Waals surface area contributed by atoms with Crippen LogP contribution in [0.4, 0.5) is 4.39 Å². The number of hydrogen-bond acceptors (Lipinski definition) is 8. The van der Waals surface area contributed by atoms with Gasteiger partial charge in [0, 0.05) is 28.5 Å². The first-order valence-electron chi connectivity index (χ1n) is 13.6. The molecule has 0 saturated heterocycles. The number of halogens is 1. The van der Waals surface area contributed by atoms with Gasteiger partial charge >= 0.3 is 0 Å². The van der Waals surface area contributed by atoms with Crippen molar-refractivity contribution in [3.63, 3.8) is 0 Å². The Morgan fingerprint density at radius 2 is 1.85 bits per heavy atom. The Hall–Kier alpha value is -3.76. The molecule has 0 aromatic heterocycles. The Balaban J connectivity index is 1.44. The van der Waals surface area contributed by atoms with Crippen LogP contribution in [0.1, 0.15) is 40.7 Å². The van der Waals surface area contributed by atoms with Gasteiger partial charge in [0.1, 0.15) is 28.7 Å². The van der Waals surface area contributed by atoms with Crippen molar-refractivity contribution in [2.45, 2.75) is 38.3 Å². The number of aliphatic hydroxyl groups is 2. The number of fused-ring (bicyclic) bond motifs is 4. The fraction of sp³-hybridized carbons (Fsp3) is 0.433. The zero-order valence-corrected chi connectivity index (χ0v) is 22.3. The maximum Gasteiger partial charge on any atom is 0.255 e. The summed E-state index contributed by atoms with van der Waals surface area (Å²) >= 11 is 0. The lowest BCUT2D eigenvalue weighted by molar-refractivity contribution is -0.127. The number of carbonyl (C=O) groups is 3. The van der Waals surface area contributed by atoms with Crippen molar-refractivity contribution in [1.82, 2.24) is 10.2 Å². The molecule has 0 spiro atoms. The van der Waals surface area contributed by atoms with Gasteiger partial charge in [-0.3, -0.25) is 19.3 Å². The molecule has 210 valence electrons. The highest BCUT2D eigenvalue weighted by molar-refractivity contribution is 6.22. The number of aromatic hydroxyl groups is 1. The van der Waals surface area contributed by atoms with Crippen LogP contribution >= 0.6 is 0 Å². The standard InChI is InChI=1S/C30H32FN3O6/c1-34(2)24-18-9-14-8-17-20(26(36)19(14)27(37)21(18)28(38)22(29(24)39)30(32)40)25(35)16-7-13(5-6-15(16)23(17)31)11-33-10-12-3-4-12/h5-7,12,14,18,21,24,33,35,37,39H,3-4,8-11H2,1-2H3,(H2,32,40)/t14-,18+,21?,24-/m0/s1. The van der Waals surface area contributed by atoms with E-state index < -0.39 is 64.2 Å². The number of amides is 1. The van der Waals surface area contributed by atoms with Crippen molar-refractivity contribution in [2.75, 3.05) is 20.6 Å². The number of phenolic OH excluding ortho intramolecular Hbond substituents is 1. The lowest BCUT2D eigenvalue weighted by Gasteiger charge is -2.46. The van der Waals surface area contributed by atoms with Crippen LogP contribution < -0.4 is 11.1 Å². The Morgan fingerprint density at radius 1 is 1.12 bits per heavy atom. The number of ketones is 2. The molecule has 4 aliphatic carbocycles. The van der Waals surface area contributed by atoms with E-state index in [1.165, 1.54) is 12.8 Å². The maximum atomic E-state index is 15.9.